The lowest BCUT2D eigenvalue weighted by atomic mass is 9.92. The van der Waals surface area contributed by atoms with Gasteiger partial charge in [0.2, 0.25) is 11.8 Å². The lowest BCUT2D eigenvalue weighted by molar-refractivity contribution is -0.148. The second kappa shape index (κ2) is 17.2. The molecule has 0 saturated carbocycles. The van der Waals surface area contributed by atoms with Gasteiger partial charge in [0.05, 0.1) is 11.0 Å². The number of amides is 3. The van der Waals surface area contributed by atoms with E-state index in [4.69, 9.17) is 9.26 Å². The number of hydrogen-bond donors (Lipinski definition) is 2. The smallest absolute Gasteiger partial charge is 0.323 e. The van der Waals surface area contributed by atoms with E-state index in [-0.39, 0.29) is 42.5 Å². The molecule has 5 heterocycles. The molecule has 12 nitrogen and oxygen atoms in total. The van der Waals surface area contributed by atoms with Gasteiger partial charge in [-0.15, -0.1) is 11.3 Å². The molecule has 0 spiro atoms. The molecule has 3 amide bonds. The summed E-state index contributed by atoms with van der Waals surface area (Å²) in [6.45, 7) is 2.90. The summed E-state index contributed by atoms with van der Waals surface area (Å²) in [5.74, 6) is -0.504. The topological polar surface area (TPSA) is 147 Å². The number of benzene rings is 3. The quantitative estimate of drug-likeness (QED) is 0.0942. The summed E-state index contributed by atoms with van der Waals surface area (Å²) < 4.78 is 26.9. The molecule has 5 atom stereocenters. The molecule has 0 radical (unpaired) electrons. The molecule has 3 fully saturated rings. The molecule has 14 heteroatoms. The van der Waals surface area contributed by atoms with E-state index in [9.17, 15) is 23.7 Å². The van der Waals surface area contributed by atoms with Gasteiger partial charge in [-0.05, 0) is 97.5 Å². The predicted molar refractivity (Wildman–Crippen MR) is 221 cm³/mol. The van der Waals surface area contributed by atoms with Gasteiger partial charge < -0.3 is 24.4 Å². The molecule has 2 N–H and O–H groups in total. The Bertz CT molecular complexity index is 2320. The molecule has 5 aromatic rings. The van der Waals surface area contributed by atoms with Gasteiger partial charge in [0, 0.05) is 42.1 Å². The van der Waals surface area contributed by atoms with E-state index in [1.54, 1.807) is 48.4 Å². The Morgan fingerprint density at radius 2 is 1.69 bits per heavy atom. The zero-order chi connectivity index (χ0) is 40.2. The monoisotopic (exact) mass is 819 g/mol. The molecular weight excluding hydrogens is 774 g/mol. The molecule has 3 aliphatic heterocycles. The average Bonchev–Trinajstić information content (AvgIpc) is 3.80. The lowest BCUT2D eigenvalue weighted by Crippen LogP contribution is -2.58. The number of pyridine rings is 1. The first-order valence-electron chi connectivity index (χ1n) is 19.8. The Morgan fingerprint density at radius 3 is 2.45 bits per heavy atom. The number of nitrogens with one attached hydrogen (secondary N) is 2. The number of para-hydroxylation sites is 1. The van der Waals surface area contributed by atoms with Crippen LogP contribution in [0, 0.1) is 0 Å². The van der Waals surface area contributed by atoms with Crippen LogP contribution >= 0.6 is 18.9 Å². The van der Waals surface area contributed by atoms with E-state index < -0.39 is 31.6 Å². The molecular formula is C44H46N5O7PS. The Labute approximate surface area is 341 Å². The molecule has 3 saturated heterocycles. The van der Waals surface area contributed by atoms with Crippen molar-refractivity contribution in [2.75, 3.05) is 13.1 Å². The zero-order valence-electron chi connectivity index (χ0n) is 32.2. The Hall–Kier alpha value is -5.36. The third-order valence-corrected chi connectivity index (χ3v) is 14.4. The minimum absolute atomic E-state index is 0.0132. The van der Waals surface area contributed by atoms with Crippen LogP contribution in [0.25, 0.3) is 10.1 Å². The second-order valence-corrected chi connectivity index (χ2v) is 18.5. The van der Waals surface area contributed by atoms with Gasteiger partial charge in [-0.25, -0.2) is 5.09 Å². The van der Waals surface area contributed by atoms with Crippen LogP contribution in [0.2, 0.25) is 0 Å². The van der Waals surface area contributed by atoms with Crippen molar-refractivity contribution in [2.45, 2.75) is 81.9 Å². The predicted octanol–water partition coefficient (Wildman–Crippen LogP) is 7.06. The summed E-state index contributed by atoms with van der Waals surface area (Å²) in [4.78, 5) is 62.8. The number of nitrogens with zero attached hydrogens (tertiary/aromatic N) is 3. The van der Waals surface area contributed by atoms with Crippen molar-refractivity contribution in [3.8, 4) is 5.75 Å². The molecule has 0 aliphatic carbocycles. The zero-order valence-corrected chi connectivity index (χ0v) is 33.9. The molecule has 8 rings (SSSR count). The van der Waals surface area contributed by atoms with Gasteiger partial charge in [-0.3, -0.25) is 28.7 Å². The number of thiophene rings is 1. The Morgan fingerprint density at radius 1 is 0.914 bits per heavy atom. The highest BCUT2D eigenvalue weighted by molar-refractivity contribution is 7.56. The highest BCUT2D eigenvalue weighted by atomic mass is 32.1. The molecule has 58 heavy (non-hydrogen) atoms. The number of aromatic nitrogens is 1. The fourth-order valence-electron chi connectivity index (χ4n) is 8.16. The number of carbonyl (C=O) groups is 4. The SMILES string of the molecule is C[C@H](NP(=O)(Cc1ccc2sc(C(=O)NC3CCC[C@H]4CC[C@@H](C(=O)N5CC(c6cccnc6)C5)N4C3=O)cc2c1)Oc1ccccc1)C(=O)OCc1ccccc1. The molecule has 3 aliphatic rings. The molecule has 2 unspecified atom stereocenters. The summed E-state index contributed by atoms with van der Waals surface area (Å²) in [5.41, 5.74) is 2.63. The van der Waals surface area contributed by atoms with Crippen LogP contribution in [-0.4, -0.2) is 75.7 Å². The molecule has 2 aromatic heterocycles. The second-order valence-electron chi connectivity index (χ2n) is 15.3. The summed E-state index contributed by atoms with van der Waals surface area (Å²) in [6, 6.07) is 27.2. The largest absolute Gasteiger partial charge is 0.460 e. The maximum atomic E-state index is 14.5. The standard InChI is InChI=1S/C44H46N5O7PS/c1-29(44(53)55-27-30-10-4-2-5-11-30)47-57(54,56-36-14-6-3-7-15-36)28-31-17-20-39-33(22-31)23-40(58-39)41(50)46-37-16-8-13-35-18-19-38(49(35)42(37)51)43(52)48-25-34(26-48)32-12-9-21-45-24-32/h2-7,9-12,14-15,17,20-24,29,34-35,37-38H,8,13,16,18-19,25-28H2,1H3,(H,46,50)(H,47,54)/t29-,35-,37?,38-,57?/m0/s1. The van der Waals surface area contributed by atoms with Gasteiger partial charge in [0.1, 0.15) is 30.5 Å². The Balaban J connectivity index is 0.927. The van der Waals surface area contributed by atoms with E-state index in [2.05, 4.69) is 15.4 Å². The molecule has 300 valence electrons. The summed E-state index contributed by atoms with van der Waals surface area (Å²) >= 11 is 1.31. The number of carbonyl (C=O) groups excluding carboxylic acids is 4. The van der Waals surface area contributed by atoms with Crippen molar-refractivity contribution in [2.24, 2.45) is 0 Å². The van der Waals surface area contributed by atoms with E-state index in [1.165, 1.54) is 11.3 Å². The van der Waals surface area contributed by atoms with Crippen LogP contribution in [0.3, 0.4) is 0 Å². The summed E-state index contributed by atoms with van der Waals surface area (Å²) in [5, 5.41) is 6.71. The highest BCUT2D eigenvalue weighted by Gasteiger charge is 2.47. The van der Waals surface area contributed by atoms with E-state index in [0.717, 1.165) is 40.5 Å². The van der Waals surface area contributed by atoms with Crippen molar-refractivity contribution in [3.05, 3.63) is 131 Å². The normalized spacial score (nSPS) is 21.0. The number of likely N-dealkylation sites (tertiary alicyclic amines) is 1. The van der Waals surface area contributed by atoms with Crippen molar-refractivity contribution in [1.29, 1.82) is 0 Å². The van der Waals surface area contributed by atoms with Crippen LogP contribution in [-0.2, 0) is 36.5 Å². The Kier molecular flexibility index (Phi) is 11.7. The van der Waals surface area contributed by atoms with Gasteiger partial charge in [0.15, 0.2) is 0 Å². The summed E-state index contributed by atoms with van der Waals surface area (Å²) in [6.07, 6.45) is 7.01. The molecule has 3 aromatic carbocycles. The van der Waals surface area contributed by atoms with Gasteiger partial charge in [-0.2, -0.15) is 0 Å². The summed E-state index contributed by atoms with van der Waals surface area (Å²) in [7, 11) is -3.74. The van der Waals surface area contributed by atoms with Crippen molar-refractivity contribution in [3.63, 3.8) is 0 Å². The first-order chi connectivity index (χ1) is 28.1. The van der Waals surface area contributed by atoms with Crippen LogP contribution < -0.4 is 14.9 Å². The lowest BCUT2D eigenvalue weighted by Gasteiger charge is -2.42. The number of fused-ring (bicyclic) bond motifs is 2. The number of rotatable bonds is 13. The average molecular weight is 820 g/mol. The minimum atomic E-state index is -3.74. The first kappa shape index (κ1) is 39.5. The van der Waals surface area contributed by atoms with Crippen LogP contribution in [0.5, 0.6) is 5.75 Å². The highest BCUT2D eigenvalue weighted by Crippen LogP contribution is 2.47. The first-order valence-corrected chi connectivity index (χ1v) is 22.4. The van der Waals surface area contributed by atoms with Gasteiger partial charge >= 0.3 is 13.5 Å². The number of hydrogen-bond acceptors (Lipinski definition) is 9. The van der Waals surface area contributed by atoms with Gasteiger partial charge in [0.25, 0.3) is 5.91 Å². The number of ether oxygens (including phenoxy) is 1. The van der Waals surface area contributed by atoms with E-state index >= 15 is 0 Å². The molecule has 0 bridgehead atoms. The van der Waals surface area contributed by atoms with E-state index in [1.807, 2.05) is 77.8 Å². The van der Waals surface area contributed by atoms with Crippen LogP contribution in [0.4, 0.5) is 0 Å². The van der Waals surface area contributed by atoms with Gasteiger partial charge in [-0.1, -0.05) is 60.7 Å². The third kappa shape index (κ3) is 8.87. The maximum absolute atomic E-state index is 14.5. The minimum Gasteiger partial charge on any atom is -0.460 e. The maximum Gasteiger partial charge on any atom is 0.323 e. The fraction of sp³-hybridized carbons (Fsp3) is 0.341. The fourth-order valence-corrected chi connectivity index (χ4v) is 11.2. The number of esters is 1. The van der Waals surface area contributed by atoms with Crippen molar-refractivity contribution in [1.82, 2.24) is 25.2 Å². The van der Waals surface area contributed by atoms with Crippen molar-refractivity contribution < 1.29 is 33.0 Å². The van der Waals surface area contributed by atoms with Crippen LogP contribution in [0.15, 0.2) is 109 Å². The van der Waals surface area contributed by atoms with Crippen LogP contribution in [0.1, 0.15) is 71.3 Å². The van der Waals surface area contributed by atoms with Crippen molar-refractivity contribution >= 4 is 52.6 Å². The van der Waals surface area contributed by atoms with E-state index in [0.29, 0.717) is 42.1 Å². The third-order valence-electron chi connectivity index (χ3n) is 11.2.